The van der Waals surface area contributed by atoms with E-state index in [1.165, 1.54) is 0 Å². The first-order valence-electron chi connectivity index (χ1n) is 5.06. The average Bonchev–Trinajstić information content (AvgIpc) is 2.24. The topological polar surface area (TPSA) is 58.5 Å². The highest BCUT2D eigenvalue weighted by Crippen LogP contribution is 2.23. The molecule has 1 saturated heterocycles. The highest BCUT2D eigenvalue weighted by Gasteiger charge is 2.28. The molecular formula is C9H14N3O2PS. The molecule has 1 aliphatic rings. The summed E-state index contributed by atoms with van der Waals surface area (Å²) >= 11 is 4.16. The summed E-state index contributed by atoms with van der Waals surface area (Å²) in [7, 11) is -0.428. The molecule has 1 N–H and O–H groups in total. The number of rotatable bonds is 5. The molecule has 1 atom stereocenters. The van der Waals surface area contributed by atoms with E-state index in [2.05, 4.69) is 27.5 Å². The molecule has 1 unspecified atom stereocenters. The van der Waals surface area contributed by atoms with Crippen LogP contribution in [0.2, 0.25) is 0 Å². The van der Waals surface area contributed by atoms with Crippen molar-refractivity contribution in [3.63, 3.8) is 0 Å². The lowest BCUT2D eigenvalue weighted by Gasteiger charge is -2.39. The number of thiol groups is 1. The highest BCUT2D eigenvalue weighted by atomic mass is 32.1. The van der Waals surface area contributed by atoms with E-state index < -0.39 is 9.03 Å². The van der Waals surface area contributed by atoms with E-state index in [0.717, 1.165) is 36.9 Å². The number of aromatic nitrogens is 2. The minimum atomic E-state index is -0.428. The Morgan fingerprint density at radius 3 is 3.12 bits per heavy atom. The SMILES string of the molecule is OPOC1CN(c2ccnc(CCS)n2)C1. The van der Waals surface area contributed by atoms with Crippen LogP contribution in [0.25, 0.3) is 0 Å². The molecule has 0 aliphatic carbocycles. The fraction of sp³-hybridized carbons (Fsp3) is 0.556. The Hall–Kier alpha value is -0.420. The van der Waals surface area contributed by atoms with Gasteiger partial charge in [-0.25, -0.2) is 9.97 Å². The Kier molecular flexibility index (Phi) is 4.35. The zero-order valence-corrected chi connectivity index (χ0v) is 10.6. The van der Waals surface area contributed by atoms with Gasteiger partial charge in [-0.05, 0) is 11.8 Å². The van der Waals surface area contributed by atoms with Gasteiger partial charge < -0.3 is 14.3 Å². The summed E-state index contributed by atoms with van der Waals surface area (Å²) in [6.45, 7) is 1.57. The second-order valence-corrected chi connectivity index (χ2v) is 4.41. The Morgan fingerprint density at radius 2 is 2.44 bits per heavy atom. The van der Waals surface area contributed by atoms with Crippen LogP contribution in [0.1, 0.15) is 5.82 Å². The van der Waals surface area contributed by atoms with Crippen molar-refractivity contribution in [2.24, 2.45) is 0 Å². The zero-order chi connectivity index (χ0) is 11.4. The summed E-state index contributed by atoms with van der Waals surface area (Å²) in [6, 6.07) is 1.89. The third-order valence-corrected chi connectivity index (χ3v) is 3.08. The van der Waals surface area contributed by atoms with Crippen molar-refractivity contribution in [2.75, 3.05) is 23.7 Å². The van der Waals surface area contributed by atoms with Crippen LogP contribution in [0, 0.1) is 0 Å². The van der Waals surface area contributed by atoms with Gasteiger partial charge in [0.25, 0.3) is 0 Å². The fourth-order valence-corrected chi connectivity index (χ4v) is 2.06. The van der Waals surface area contributed by atoms with E-state index in [0.29, 0.717) is 0 Å². The molecule has 1 aliphatic heterocycles. The first-order valence-corrected chi connectivity index (χ1v) is 6.54. The standard InChI is InChI=1S/C9H14N3O2PS/c13-15-14-7-5-12(6-7)9-1-3-10-8(11-9)2-4-16/h1,3,7,13,15-16H,2,4-6H2. The average molecular weight is 259 g/mol. The lowest BCUT2D eigenvalue weighted by atomic mass is 10.2. The van der Waals surface area contributed by atoms with Crippen molar-refractivity contribution in [3.05, 3.63) is 18.1 Å². The minimum Gasteiger partial charge on any atom is -0.352 e. The second kappa shape index (κ2) is 5.77. The highest BCUT2D eigenvalue weighted by molar-refractivity contribution is 7.80. The van der Waals surface area contributed by atoms with Crippen LogP contribution in [0.5, 0.6) is 0 Å². The smallest absolute Gasteiger partial charge is 0.152 e. The van der Waals surface area contributed by atoms with Crippen LogP contribution in [0.15, 0.2) is 12.3 Å². The first-order chi connectivity index (χ1) is 7.83. The minimum absolute atomic E-state index is 0.131. The van der Waals surface area contributed by atoms with Crippen molar-refractivity contribution in [1.82, 2.24) is 9.97 Å². The van der Waals surface area contributed by atoms with Gasteiger partial charge in [-0.2, -0.15) is 12.6 Å². The lowest BCUT2D eigenvalue weighted by Crippen LogP contribution is -2.51. The van der Waals surface area contributed by atoms with Crippen LogP contribution < -0.4 is 4.90 Å². The molecule has 0 amide bonds. The molecule has 1 fully saturated rings. The van der Waals surface area contributed by atoms with Gasteiger partial charge in [0.05, 0.1) is 6.10 Å². The van der Waals surface area contributed by atoms with Crippen LogP contribution in [-0.2, 0) is 10.9 Å². The number of hydrogen-bond donors (Lipinski definition) is 2. The van der Waals surface area contributed by atoms with Crippen molar-refractivity contribution >= 4 is 27.5 Å². The summed E-state index contributed by atoms with van der Waals surface area (Å²) in [5, 5.41) is 0. The number of hydrogen-bond acceptors (Lipinski definition) is 6. The summed E-state index contributed by atoms with van der Waals surface area (Å²) < 4.78 is 5.09. The molecule has 7 heteroatoms. The Morgan fingerprint density at radius 1 is 1.62 bits per heavy atom. The van der Waals surface area contributed by atoms with Crippen LogP contribution in [0.4, 0.5) is 5.82 Å². The maximum absolute atomic E-state index is 8.63. The normalized spacial score (nSPS) is 17.0. The van der Waals surface area contributed by atoms with Crippen molar-refractivity contribution in [3.8, 4) is 0 Å². The van der Waals surface area contributed by atoms with Crippen LogP contribution >= 0.6 is 21.7 Å². The van der Waals surface area contributed by atoms with Gasteiger partial charge in [-0.1, -0.05) is 0 Å². The second-order valence-electron chi connectivity index (χ2n) is 3.54. The van der Waals surface area contributed by atoms with Crippen molar-refractivity contribution < 1.29 is 9.42 Å². The van der Waals surface area contributed by atoms with E-state index in [-0.39, 0.29) is 6.10 Å². The molecule has 2 heterocycles. The number of aryl methyl sites for hydroxylation is 1. The van der Waals surface area contributed by atoms with Gasteiger partial charge >= 0.3 is 0 Å². The maximum Gasteiger partial charge on any atom is 0.152 e. The Balaban J connectivity index is 1.92. The molecule has 1 aromatic rings. The molecule has 0 spiro atoms. The molecule has 1 aromatic heterocycles. The Labute approximate surface area is 102 Å². The summed E-state index contributed by atoms with van der Waals surface area (Å²) in [5.74, 6) is 2.50. The third kappa shape index (κ3) is 2.83. The first kappa shape index (κ1) is 12.0. The molecule has 0 bridgehead atoms. The van der Waals surface area contributed by atoms with Gasteiger partial charge in [-0.3, -0.25) is 0 Å². The molecule has 88 valence electrons. The third-order valence-electron chi connectivity index (χ3n) is 2.42. The van der Waals surface area contributed by atoms with Crippen LogP contribution in [0.3, 0.4) is 0 Å². The van der Waals surface area contributed by atoms with Gasteiger partial charge in [0.2, 0.25) is 0 Å². The van der Waals surface area contributed by atoms with Crippen molar-refractivity contribution in [1.29, 1.82) is 0 Å². The molecule has 16 heavy (non-hydrogen) atoms. The summed E-state index contributed by atoms with van der Waals surface area (Å²) in [4.78, 5) is 19.3. The monoisotopic (exact) mass is 259 g/mol. The quantitative estimate of drug-likeness (QED) is 0.601. The predicted octanol–water partition coefficient (Wildman–Crippen LogP) is 0.655. The fourth-order valence-electron chi connectivity index (χ4n) is 1.56. The van der Waals surface area contributed by atoms with Crippen molar-refractivity contribution in [2.45, 2.75) is 12.5 Å². The van der Waals surface area contributed by atoms with Gasteiger partial charge in [0.1, 0.15) is 11.6 Å². The number of nitrogens with zero attached hydrogens (tertiary/aromatic N) is 3. The number of anilines is 1. The predicted molar refractivity (Wildman–Crippen MR) is 67.2 cm³/mol. The van der Waals surface area contributed by atoms with Crippen LogP contribution in [-0.4, -0.2) is 39.8 Å². The Bertz CT molecular complexity index is 349. The van der Waals surface area contributed by atoms with Gasteiger partial charge in [0, 0.05) is 25.7 Å². The van der Waals surface area contributed by atoms with E-state index in [4.69, 9.17) is 9.42 Å². The largest absolute Gasteiger partial charge is 0.352 e. The summed E-state index contributed by atoms with van der Waals surface area (Å²) in [6.07, 6.45) is 2.68. The van der Waals surface area contributed by atoms with E-state index >= 15 is 0 Å². The maximum atomic E-state index is 8.63. The van der Waals surface area contributed by atoms with E-state index in [1.54, 1.807) is 6.20 Å². The lowest BCUT2D eigenvalue weighted by molar-refractivity contribution is 0.177. The molecule has 5 nitrogen and oxygen atoms in total. The van der Waals surface area contributed by atoms with E-state index in [1.807, 2.05) is 6.07 Å². The van der Waals surface area contributed by atoms with E-state index in [9.17, 15) is 0 Å². The summed E-state index contributed by atoms with van der Waals surface area (Å²) in [5.41, 5.74) is 0. The molecule has 0 saturated carbocycles. The zero-order valence-electron chi connectivity index (χ0n) is 8.70. The molecule has 0 aromatic carbocycles. The van der Waals surface area contributed by atoms with Gasteiger partial charge in [0.15, 0.2) is 9.03 Å². The molecule has 2 rings (SSSR count). The molecular weight excluding hydrogens is 245 g/mol. The molecule has 0 radical (unpaired) electrons. The van der Waals surface area contributed by atoms with Gasteiger partial charge in [-0.15, -0.1) is 0 Å².